The lowest BCUT2D eigenvalue weighted by molar-refractivity contribution is -0.133. The molecule has 1 fully saturated rings. The molecule has 0 radical (unpaired) electrons. The number of benzene rings is 1. The molecular formula is C22H23N3O4. The van der Waals surface area contributed by atoms with Crippen molar-refractivity contribution in [3.05, 3.63) is 41.6 Å². The van der Waals surface area contributed by atoms with Crippen LogP contribution in [0.2, 0.25) is 0 Å². The first-order valence-corrected chi connectivity index (χ1v) is 10.1. The van der Waals surface area contributed by atoms with Gasteiger partial charge in [-0.1, -0.05) is 18.2 Å². The van der Waals surface area contributed by atoms with Gasteiger partial charge in [-0.2, -0.15) is 0 Å². The predicted molar refractivity (Wildman–Crippen MR) is 108 cm³/mol. The SMILES string of the molecule is CC(=O)n1cc2c3c(cccc31)C1=C[C@@H](C(=O)N3CCCC3)CN(C(=O)O)[C@@H]1C2. The van der Waals surface area contributed by atoms with Gasteiger partial charge in [-0.05, 0) is 42.0 Å². The monoisotopic (exact) mass is 393 g/mol. The molecule has 1 aliphatic carbocycles. The van der Waals surface area contributed by atoms with Crippen molar-refractivity contribution in [3.63, 3.8) is 0 Å². The summed E-state index contributed by atoms with van der Waals surface area (Å²) in [6.07, 6.45) is 5.31. The molecule has 2 amide bonds. The van der Waals surface area contributed by atoms with Crippen molar-refractivity contribution >= 4 is 34.4 Å². The smallest absolute Gasteiger partial charge is 0.407 e. The number of likely N-dealkylation sites (tertiary alicyclic amines) is 1. The number of rotatable bonds is 1. The standard InChI is InChI=1S/C22H23N3O4/c1-13(26)24-11-14-10-19-17(16-5-4-6-18(24)20(14)16)9-15(12-25(19)22(28)29)21(27)23-7-2-3-8-23/h4-6,9,11,15,19H,2-3,7-8,10,12H2,1H3,(H,28,29)/t15-,19-/m1/s1. The van der Waals surface area contributed by atoms with Crippen LogP contribution in [0.4, 0.5) is 4.79 Å². The number of fused-ring (bicyclic) bond motifs is 2. The number of hydrogen-bond acceptors (Lipinski definition) is 3. The molecule has 1 saturated heterocycles. The summed E-state index contributed by atoms with van der Waals surface area (Å²) in [4.78, 5) is 40.5. The molecule has 7 nitrogen and oxygen atoms in total. The van der Waals surface area contributed by atoms with Gasteiger partial charge in [0.1, 0.15) is 0 Å². The molecule has 0 unspecified atom stereocenters. The second-order valence-corrected chi connectivity index (χ2v) is 8.16. The van der Waals surface area contributed by atoms with Crippen LogP contribution in [0, 0.1) is 5.92 Å². The minimum absolute atomic E-state index is 0.0129. The van der Waals surface area contributed by atoms with Crippen LogP contribution >= 0.6 is 0 Å². The summed E-state index contributed by atoms with van der Waals surface area (Å²) >= 11 is 0. The number of carbonyl (C=O) groups excluding carboxylic acids is 2. The zero-order valence-electron chi connectivity index (χ0n) is 16.3. The van der Waals surface area contributed by atoms with Crippen LogP contribution in [-0.4, -0.2) is 63.1 Å². The summed E-state index contributed by atoms with van der Waals surface area (Å²) in [6, 6.07) is 5.43. The quantitative estimate of drug-likeness (QED) is 0.808. The Morgan fingerprint density at radius 1 is 1.14 bits per heavy atom. The van der Waals surface area contributed by atoms with Crippen LogP contribution in [0.1, 0.15) is 35.7 Å². The molecule has 150 valence electrons. The maximum absolute atomic E-state index is 13.0. The Morgan fingerprint density at radius 3 is 2.59 bits per heavy atom. The van der Waals surface area contributed by atoms with Crippen LogP contribution in [0.3, 0.4) is 0 Å². The zero-order chi connectivity index (χ0) is 20.3. The lowest BCUT2D eigenvalue weighted by Gasteiger charge is -2.40. The summed E-state index contributed by atoms with van der Waals surface area (Å²) in [5.74, 6) is -0.532. The van der Waals surface area contributed by atoms with Gasteiger partial charge in [0.2, 0.25) is 11.8 Å². The number of carbonyl (C=O) groups is 3. The Labute approximate surface area is 168 Å². The van der Waals surface area contributed by atoms with Crippen molar-refractivity contribution in [1.29, 1.82) is 0 Å². The molecule has 3 heterocycles. The van der Waals surface area contributed by atoms with Crippen molar-refractivity contribution in [2.45, 2.75) is 32.2 Å². The molecule has 1 aromatic carbocycles. The van der Waals surface area contributed by atoms with Crippen LogP contribution in [0.15, 0.2) is 30.5 Å². The number of amides is 2. The Balaban J connectivity index is 1.65. The Bertz CT molecular complexity index is 1080. The van der Waals surface area contributed by atoms with E-state index in [1.54, 1.807) is 4.57 Å². The van der Waals surface area contributed by atoms with Gasteiger partial charge in [0.25, 0.3) is 0 Å². The Kier molecular flexibility index (Phi) is 4.01. The van der Waals surface area contributed by atoms with Crippen LogP contribution in [0.5, 0.6) is 0 Å². The van der Waals surface area contributed by atoms with E-state index in [0.29, 0.717) is 6.42 Å². The van der Waals surface area contributed by atoms with Gasteiger partial charge < -0.3 is 10.0 Å². The summed E-state index contributed by atoms with van der Waals surface area (Å²) in [6.45, 7) is 3.19. The van der Waals surface area contributed by atoms with Gasteiger partial charge in [0.15, 0.2) is 0 Å². The third kappa shape index (κ3) is 2.68. The van der Waals surface area contributed by atoms with E-state index >= 15 is 0 Å². The number of hydrogen-bond donors (Lipinski definition) is 1. The first kappa shape index (κ1) is 18.0. The molecule has 2 aromatic rings. The molecule has 0 spiro atoms. The van der Waals surface area contributed by atoms with Crippen molar-refractivity contribution in [2.75, 3.05) is 19.6 Å². The molecule has 0 saturated carbocycles. The highest BCUT2D eigenvalue weighted by Gasteiger charge is 2.41. The molecule has 7 heteroatoms. The van der Waals surface area contributed by atoms with Gasteiger partial charge in [0.05, 0.1) is 17.5 Å². The van der Waals surface area contributed by atoms with Crippen molar-refractivity contribution in [2.24, 2.45) is 5.92 Å². The lowest BCUT2D eigenvalue weighted by Crippen LogP contribution is -2.51. The first-order chi connectivity index (χ1) is 14.0. The number of nitrogens with zero attached hydrogens (tertiary/aromatic N) is 3. The topological polar surface area (TPSA) is 82.9 Å². The van der Waals surface area contributed by atoms with E-state index in [4.69, 9.17) is 0 Å². The van der Waals surface area contributed by atoms with E-state index in [1.807, 2.05) is 35.4 Å². The van der Waals surface area contributed by atoms with Crippen molar-refractivity contribution < 1.29 is 19.5 Å². The molecule has 5 rings (SSSR count). The Hall–Kier alpha value is -3.09. The van der Waals surface area contributed by atoms with Crippen molar-refractivity contribution in [1.82, 2.24) is 14.4 Å². The van der Waals surface area contributed by atoms with Gasteiger partial charge in [-0.25, -0.2) is 4.79 Å². The summed E-state index contributed by atoms with van der Waals surface area (Å²) in [5.41, 5.74) is 3.62. The number of carboxylic acid groups (broad SMARTS) is 1. The average molecular weight is 393 g/mol. The van der Waals surface area contributed by atoms with E-state index in [-0.39, 0.29) is 24.4 Å². The lowest BCUT2D eigenvalue weighted by atomic mass is 9.79. The fourth-order valence-electron chi connectivity index (χ4n) is 5.14. The van der Waals surface area contributed by atoms with Gasteiger partial charge in [-0.3, -0.25) is 19.1 Å². The summed E-state index contributed by atoms with van der Waals surface area (Å²) in [5, 5.41) is 10.9. The van der Waals surface area contributed by atoms with Gasteiger partial charge in [-0.15, -0.1) is 0 Å². The second kappa shape index (κ2) is 6.47. The largest absolute Gasteiger partial charge is 0.465 e. The van der Waals surface area contributed by atoms with E-state index in [2.05, 4.69) is 0 Å². The fourth-order valence-corrected chi connectivity index (χ4v) is 5.14. The minimum atomic E-state index is -1.01. The minimum Gasteiger partial charge on any atom is -0.465 e. The van der Waals surface area contributed by atoms with Crippen LogP contribution in [0.25, 0.3) is 16.5 Å². The molecule has 3 aliphatic rings. The fraction of sp³-hybridized carbons (Fsp3) is 0.409. The highest BCUT2D eigenvalue weighted by atomic mass is 16.4. The molecule has 29 heavy (non-hydrogen) atoms. The predicted octanol–water partition coefficient (Wildman–Crippen LogP) is 2.84. The van der Waals surface area contributed by atoms with Gasteiger partial charge in [0, 0.05) is 38.1 Å². The van der Waals surface area contributed by atoms with Gasteiger partial charge >= 0.3 is 6.09 Å². The highest BCUT2D eigenvalue weighted by Crippen LogP contribution is 2.42. The van der Waals surface area contributed by atoms with E-state index in [9.17, 15) is 19.5 Å². The maximum Gasteiger partial charge on any atom is 0.407 e. The average Bonchev–Trinajstić information content (AvgIpc) is 3.36. The normalized spacial score (nSPS) is 23.1. The molecule has 2 atom stereocenters. The van der Waals surface area contributed by atoms with Crippen molar-refractivity contribution in [3.8, 4) is 0 Å². The van der Waals surface area contributed by atoms with E-state index in [1.165, 1.54) is 11.8 Å². The summed E-state index contributed by atoms with van der Waals surface area (Å²) < 4.78 is 1.63. The number of aromatic nitrogens is 1. The molecule has 2 aliphatic heterocycles. The molecular weight excluding hydrogens is 370 g/mol. The highest BCUT2D eigenvalue weighted by molar-refractivity contribution is 6.03. The third-order valence-corrected chi connectivity index (χ3v) is 6.46. The molecule has 1 aromatic heterocycles. The Morgan fingerprint density at radius 2 is 1.90 bits per heavy atom. The van der Waals surface area contributed by atoms with Crippen LogP contribution < -0.4 is 0 Å². The molecule has 0 bridgehead atoms. The second-order valence-electron chi connectivity index (χ2n) is 8.16. The summed E-state index contributed by atoms with van der Waals surface area (Å²) in [7, 11) is 0. The van der Waals surface area contributed by atoms with E-state index < -0.39 is 12.0 Å². The third-order valence-electron chi connectivity index (χ3n) is 6.46. The first-order valence-electron chi connectivity index (χ1n) is 10.1. The maximum atomic E-state index is 13.0. The zero-order valence-corrected chi connectivity index (χ0v) is 16.3. The van der Waals surface area contributed by atoms with Crippen LogP contribution in [-0.2, 0) is 11.2 Å². The van der Waals surface area contributed by atoms with E-state index in [0.717, 1.165) is 53.5 Å². The molecule has 1 N–H and O–H groups in total.